The van der Waals surface area contributed by atoms with Crippen molar-refractivity contribution in [2.45, 2.75) is 12.6 Å². The first-order valence-corrected chi connectivity index (χ1v) is 6.24. The van der Waals surface area contributed by atoms with E-state index in [1.807, 2.05) is 23.1 Å². The van der Waals surface area contributed by atoms with E-state index in [9.17, 15) is 9.50 Å². The van der Waals surface area contributed by atoms with Gasteiger partial charge in [-0.1, -0.05) is 24.3 Å². The van der Waals surface area contributed by atoms with Gasteiger partial charge in [-0.15, -0.1) is 0 Å². The Balaban J connectivity index is 2.07. The van der Waals surface area contributed by atoms with Crippen LogP contribution < -0.4 is 10.6 Å². The minimum atomic E-state index is -0.214. The molecule has 4 heteroatoms. The second-order valence-electron chi connectivity index (χ2n) is 4.68. The molecule has 0 bridgehead atoms. The number of nitrogens with two attached hydrogens (primary N) is 1. The third-order valence-electron chi connectivity index (χ3n) is 3.63. The van der Waals surface area contributed by atoms with E-state index in [2.05, 4.69) is 0 Å². The Hall–Kier alpha value is -2.07. The van der Waals surface area contributed by atoms with E-state index in [-0.39, 0.29) is 17.6 Å². The van der Waals surface area contributed by atoms with Gasteiger partial charge in [-0.2, -0.15) is 0 Å². The van der Waals surface area contributed by atoms with Gasteiger partial charge in [-0.25, -0.2) is 4.39 Å². The van der Waals surface area contributed by atoms with Crippen molar-refractivity contribution in [2.24, 2.45) is 5.73 Å². The van der Waals surface area contributed by atoms with Gasteiger partial charge in [0.1, 0.15) is 11.6 Å². The summed E-state index contributed by atoms with van der Waals surface area (Å²) < 4.78 is 13.9. The molecule has 0 saturated carbocycles. The van der Waals surface area contributed by atoms with Crippen LogP contribution in [0.25, 0.3) is 0 Å². The quantitative estimate of drug-likeness (QED) is 0.870. The summed E-state index contributed by atoms with van der Waals surface area (Å²) >= 11 is 0. The lowest BCUT2D eigenvalue weighted by atomic mass is 10.0. The molecular weight excluding hydrogens is 243 g/mol. The summed E-state index contributed by atoms with van der Waals surface area (Å²) in [6.45, 7) is 0.812. The molecule has 3 nitrogen and oxygen atoms in total. The van der Waals surface area contributed by atoms with Crippen LogP contribution in [0.3, 0.4) is 0 Å². The lowest BCUT2D eigenvalue weighted by Crippen LogP contribution is -2.27. The molecular formula is C15H15FN2O. The molecule has 0 amide bonds. The van der Waals surface area contributed by atoms with E-state index in [1.54, 1.807) is 18.2 Å². The topological polar surface area (TPSA) is 49.5 Å². The Morgan fingerprint density at radius 2 is 2.00 bits per heavy atom. The molecule has 1 unspecified atom stereocenters. The fourth-order valence-electron chi connectivity index (χ4n) is 2.72. The van der Waals surface area contributed by atoms with E-state index >= 15 is 0 Å². The largest absolute Gasteiger partial charge is 0.506 e. The van der Waals surface area contributed by atoms with Crippen LogP contribution in [0.2, 0.25) is 0 Å². The molecule has 0 aliphatic carbocycles. The van der Waals surface area contributed by atoms with Gasteiger partial charge in [0.15, 0.2) is 0 Å². The lowest BCUT2D eigenvalue weighted by Gasteiger charge is -2.26. The Morgan fingerprint density at radius 3 is 2.74 bits per heavy atom. The second-order valence-corrected chi connectivity index (χ2v) is 4.68. The van der Waals surface area contributed by atoms with Gasteiger partial charge in [0.05, 0.1) is 11.7 Å². The van der Waals surface area contributed by atoms with Gasteiger partial charge in [0.2, 0.25) is 0 Å². The standard InChI is InChI=1S/C15H15FN2O/c16-12-5-3-4-10-11(12)9-18(14(10)8-17)13-6-1-2-7-15(13)19/h1-7,14,19H,8-9,17H2. The third-order valence-corrected chi connectivity index (χ3v) is 3.63. The molecule has 1 heterocycles. The van der Waals surface area contributed by atoms with Crippen molar-refractivity contribution in [1.82, 2.24) is 0 Å². The number of rotatable bonds is 2. The van der Waals surface area contributed by atoms with Crippen LogP contribution in [-0.2, 0) is 6.54 Å². The fourth-order valence-corrected chi connectivity index (χ4v) is 2.72. The van der Waals surface area contributed by atoms with Gasteiger partial charge in [0.25, 0.3) is 0 Å². The van der Waals surface area contributed by atoms with Crippen LogP contribution in [0.5, 0.6) is 5.75 Å². The maximum absolute atomic E-state index is 13.9. The summed E-state index contributed by atoms with van der Waals surface area (Å²) in [5.74, 6) is -0.0250. The van der Waals surface area contributed by atoms with Crippen LogP contribution in [0, 0.1) is 5.82 Å². The zero-order valence-electron chi connectivity index (χ0n) is 10.4. The first-order chi connectivity index (χ1) is 9.22. The van der Waals surface area contributed by atoms with Crippen LogP contribution in [-0.4, -0.2) is 11.7 Å². The van der Waals surface area contributed by atoms with Crippen molar-refractivity contribution in [1.29, 1.82) is 0 Å². The molecule has 0 spiro atoms. The minimum absolute atomic E-state index is 0.0981. The smallest absolute Gasteiger partial charge is 0.138 e. The highest BCUT2D eigenvalue weighted by Crippen LogP contribution is 2.41. The average Bonchev–Trinajstić information content (AvgIpc) is 2.79. The molecule has 0 fully saturated rings. The molecule has 3 rings (SSSR count). The number of anilines is 1. The van der Waals surface area contributed by atoms with E-state index in [1.165, 1.54) is 6.07 Å². The number of fused-ring (bicyclic) bond motifs is 1. The number of para-hydroxylation sites is 2. The molecule has 2 aromatic rings. The monoisotopic (exact) mass is 258 g/mol. The first kappa shape index (κ1) is 12.0. The van der Waals surface area contributed by atoms with Crippen molar-refractivity contribution < 1.29 is 9.50 Å². The number of hydrogen-bond donors (Lipinski definition) is 2. The number of aromatic hydroxyl groups is 1. The van der Waals surface area contributed by atoms with Gasteiger partial charge >= 0.3 is 0 Å². The highest BCUT2D eigenvalue weighted by Gasteiger charge is 2.32. The van der Waals surface area contributed by atoms with Crippen LogP contribution in [0.1, 0.15) is 17.2 Å². The van der Waals surface area contributed by atoms with Gasteiger partial charge in [0, 0.05) is 18.7 Å². The predicted octanol–water partition coefficient (Wildman–Crippen LogP) is 2.55. The number of benzene rings is 2. The molecule has 2 aromatic carbocycles. The molecule has 0 saturated heterocycles. The molecule has 19 heavy (non-hydrogen) atoms. The van der Waals surface area contributed by atoms with Crippen molar-refractivity contribution in [3.05, 3.63) is 59.4 Å². The summed E-state index contributed by atoms with van der Waals surface area (Å²) in [6, 6.07) is 12.0. The van der Waals surface area contributed by atoms with E-state index in [0.717, 1.165) is 5.56 Å². The van der Waals surface area contributed by atoms with E-state index < -0.39 is 0 Å². The van der Waals surface area contributed by atoms with E-state index in [4.69, 9.17) is 5.73 Å². The molecule has 1 aliphatic rings. The molecule has 3 N–H and O–H groups in total. The molecule has 0 radical (unpaired) electrons. The Morgan fingerprint density at radius 1 is 1.21 bits per heavy atom. The van der Waals surface area contributed by atoms with Crippen molar-refractivity contribution in [2.75, 3.05) is 11.4 Å². The minimum Gasteiger partial charge on any atom is -0.506 e. The van der Waals surface area contributed by atoms with Gasteiger partial charge < -0.3 is 15.7 Å². The Kier molecular flexibility index (Phi) is 2.87. The summed E-state index contributed by atoms with van der Waals surface area (Å²) in [5, 5.41) is 9.96. The van der Waals surface area contributed by atoms with Gasteiger partial charge in [-0.05, 0) is 23.8 Å². The third kappa shape index (κ3) is 1.85. The van der Waals surface area contributed by atoms with Crippen molar-refractivity contribution in [3.63, 3.8) is 0 Å². The maximum atomic E-state index is 13.9. The molecule has 1 aliphatic heterocycles. The van der Waals surface area contributed by atoms with Crippen LogP contribution >= 0.6 is 0 Å². The Bertz CT molecular complexity index is 615. The summed E-state index contributed by atoms with van der Waals surface area (Å²) in [4.78, 5) is 1.95. The van der Waals surface area contributed by atoms with Crippen LogP contribution in [0.4, 0.5) is 10.1 Å². The number of nitrogens with zero attached hydrogens (tertiary/aromatic N) is 1. The summed E-state index contributed by atoms with van der Waals surface area (Å²) in [5.41, 5.74) is 8.10. The Labute approximate surface area is 111 Å². The highest BCUT2D eigenvalue weighted by molar-refractivity contribution is 5.62. The average molecular weight is 258 g/mol. The maximum Gasteiger partial charge on any atom is 0.138 e. The highest BCUT2D eigenvalue weighted by atomic mass is 19.1. The van der Waals surface area contributed by atoms with Crippen LogP contribution in [0.15, 0.2) is 42.5 Å². The lowest BCUT2D eigenvalue weighted by molar-refractivity contribution is 0.471. The summed E-state index contributed by atoms with van der Waals surface area (Å²) in [6.07, 6.45) is 0. The first-order valence-electron chi connectivity index (χ1n) is 6.24. The normalized spacial score (nSPS) is 17.6. The predicted molar refractivity (Wildman–Crippen MR) is 72.5 cm³/mol. The van der Waals surface area contributed by atoms with Crippen molar-refractivity contribution >= 4 is 5.69 Å². The second kappa shape index (κ2) is 4.55. The fraction of sp³-hybridized carbons (Fsp3) is 0.200. The SMILES string of the molecule is NCC1c2cccc(F)c2CN1c1ccccc1O. The summed E-state index contributed by atoms with van der Waals surface area (Å²) in [7, 11) is 0. The number of hydrogen-bond acceptors (Lipinski definition) is 3. The zero-order chi connectivity index (χ0) is 13.4. The molecule has 0 aromatic heterocycles. The number of phenols is 1. The van der Waals surface area contributed by atoms with E-state index in [0.29, 0.717) is 24.3 Å². The van der Waals surface area contributed by atoms with Crippen molar-refractivity contribution in [3.8, 4) is 5.75 Å². The molecule has 1 atom stereocenters. The number of phenolic OH excluding ortho intramolecular Hbond substituents is 1. The number of halogens is 1. The van der Waals surface area contributed by atoms with Gasteiger partial charge in [-0.3, -0.25) is 0 Å². The molecule has 98 valence electrons. The zero-order valence-corrected chi connectivity index (χ0v) is 10.4.